The fourth-order valence-corrected chi connectivity index (χ4v) is 8.89. The Bertz CT molecular complexity index is 1600. The maximum atomic E-state index is 14.5. The van der Waals surface area contributed by atoms with Gasteiger partial charge in [-0.15, -0.1) is 0 Å². The number of nitrogens with one attached hydrogen (secondary N) is 3. The van der Waals surface area contributed by atoms with Crippen LogP contribution in [0.5, 0.6) is 0 Å². The summed E-state index contributed by atoms with van der Waals surface area (Å²) in [7, 11) is 1.84. The number of likely N-dealkylation sites (tertiary alicyclic amines) is 2. The number of carbonyl (C=O) groups excluding carboxylic acids is 3. The summed E-state index contributed by atoms with van der Waals surface area (Å²) in [5.74, 6) is -0.103. The standard InChI is InChI=1S/C38H50N6O3/c1-26(31-25-40-33-15-7-5-13-29(31)33)34(41-37(47)42(2)27-11-10-18-39-24-27)36(46)44-21-16-38(17-22-44)23-30(28-12-4-6-14-32(28)38)35(45)43-19-8-3-9-20-43/h4-7,12-15,25-27,30,34,39-40H,3,8-11,16-24H2,1-2H3,(H,41,47)/t26?,27?,30-,34?/m1/s1. The Morgan fingerprint density at radius 2 is 1.68 bits per heavy atom. The van der Waals surface area contributed by atoms with Crippen LogP contribution in [0, 0.1) is 0 Å². The predicted molar refractivity (Wildman–Crippen MR) is 184 cm³/mol. The number of hydrogen-bond donors (Lipinski definition) is 3. The molecule has 0 saturated carbocycles. The summed E-state index contributed by atoms with van der Waals surface area (Å²) >= 11 is 0. The lowest BCUT2D eigenvalue weighted by molar-refractivity contribution is -0.136. The molecule has 7 rings (SSSR count). The highest BCUT2D eigenvalue weighted by Gasteiger charge is 2.49. The number of fused-ring (bicyclic) bond motifs is 3. The van der Waals surface area contributed by atoms with Crippen LogP contribution in [0.4, 0.5) is 4.79 Å². The quantitative estimate of drug-likeness (QED) is 0.350. The van der Waals surface area contributed by atoms with Gasteiger partial charge in [0.1, 0.15) is 6.04 Å². The van der Waals surface area contributed by atoms with Crippen molar-refractivity contribution in [3.05, 3.63) is 71.4 Å². The number of nitrogens with zero attached hydrogens (tertiary/aromatic N) is 3. The molecule has 3 N–H and O–H groups in total. The molecule has 250 valence electrons. The molecule has 9 nitrogen and oxygen atoms in total. The number of para-hydroxylation sites is 1. The minimum Gasteiger partial charge on any atom is -0.361 e. The van der Waals surface area contributed by atoms with E-state index in [1.54, 1.807) is 4.90 Å². The summed E-state index contributed by atoms with van der Waals surface area (Å²) in [6.07, 6.45) is 9.78. The van der Waals surface area contributed by atoms with E-state index in [-0.39, 0.29) is 41.1 Å². The van der Waals surface area contributed by atoms with E-state index in [2.05, 4.69) is 57.8 Å². The highest BCUT2D eigenvalue weighted by molar-refractivity contribution is 5.91. The lowest BCUT2D eigenvalue weighted by Gasteiger charge is -2.42. The third kappa shape index (κ3) is 6.03. The zero-order valence-corrected chi connectivity index (χ0v) is 28.0. The van der Waals surface area contributed by atoms with Gasteiger partial charge in [0, 0.05) is 74.2 Å². The maximum absolute atomic E-state index is 14.5. The van der Waals surface area contributed by atoms with Crippen LogP contribution in [0.3, 0.4) is 0 Å². The molecular formula is C38H50N6O3. The van der Waals surface area contributed by atoms with Crippen LogP contribution in [0.15, 0.2) is 54.7 Å². The number of hydrogen-bond acceptors (Lipinski definition) is 4. The number of likely N-dealkylation sites (N-methyl/N-ethyl adjacent to an activating group) is 1. The van der Waals surface area contributed by atoms with Crippen LogP contribution < -0.4 is 10.6 Å². The van der Waals surface area contributed by atoms with E-state index in [1.165, 1.54) is 17.5 Å². The van der Waals surface area contributed by atoms with Gasteiger partial charge >= 0.3 is 6.03 Å². The minimum atomic E-state index is -0.709. The van der Waals surface area contributed by atoms with Crippen molar-refractivity contribution in [1.82, 2.24) is 30.3 Å². The van der Waals surface area contributed by atoms with Crippen LogP contribution in [0.1, 0.15) is 86.8 Å². The van der Waals surface area contributed by atoms with Gasteiger partial charge in [0.15, 0.2) is 0 Å². The van der Waals surface area contributed by atoms with Gasteiger partial charge < -0.3 is 30.3 Å². The highest BCUT2D eigenvalue weighted by Crippen LogP contribution is 2.52. The van der Waals surface area contributed by atoms with Gasteiger partial charge in [-0.3, -0.25) is 9.59 Å². The van der Waals surface area contributed by atoms with E-state index >= 15 is 0 Å². The van der Waals surface area contributed by atoms with Gasteiger partial charge in [0.2, 0.25) is 11.8 Å². The van der Waals surface area contributed by atoms with E-state index in [9.17, 15) is 14.4 Å². The fourth-order valence-electron chi connectivity index (χ4n) is 8.89. The van der Waals surface area contributed by atoms with Crippen LogP contribution >= 0.6 is 0 Å². The molecule has 1 spiro atoms. The van der Waals surface area contributed by atoms with Crippen molar-refractivity contribution in [2.75, 3.05) is 46.3 Å². The summed E-state index contributed by atoms with van der Waals surface area (Å²) in [4.78, 5) is 51.3. The minimum absolute atomic E-state index is 0.0339. The fraction of sp³-hybridized carbons (Fsp3) is 0.553. The average molecular weight is 639 g/mol. The van der Waals surface area contributed by atoms with Gasteiger partial charge in [-0.1, -0.05) is 49.4 Å². The molecule has 3 saturated heterocycles. The number of carbonyl (C=O) groups is 3. The molecule has 9 heteroatoms. The van der Waals surface area contributed by atoms with Crippen molar-refractivity contribution >= 4 is 28.7 Å². The van der Waals surface area contributed by atoms with E-state index in [4.69, 9.17) is 0 Å². The number of rotatable bonds is 6. The summed E-state index contributed by atoms with van der Waals surface area (Å²) < 4.78 is 0. The number of urea groups is 1. The Hall–Kier alpha value is -3.85. The monoisotopic (exact) mass is 638 g/mol. The molecule has 4 amide bonds. The lowest BCUT2D eigenvalue weighted by atomic mass is 9.73. The SMILES string of the molecule is CC(c1c[nH]c2ccccc12)C(NC(=O)N(C)C1CCCNC1)C(=O)N1CCC2(CC1)C[C@@H](C(=O)N1CCCCC1)c1ccccc12. The number of piperidine rings is 3. The molecule has 3 unspecified atom stereocenters. The largest absolute Gasteiger partial charge is 0.361 e. The maximum Gasteiger partial charge on any atom is 0.318 e. The molecule has 3 aliphatic heterocycles. The Morgan fingerprint density at radius 1 is 0.936 bits per heavy atom. The normalized spacial score (nSPS) is 23.7. The second kappa shape index (κ2) is 13.3. The van der Waals surface area contributed by atoms with Gasteiger partial charge in [0.25, 0.3) is 0 Å². The van der Waals surface area contributed by atoms with Gasteiger partial charge in [-0.25, -0.2) is 4.79 Å². The first-order valence-electron chi connectivity index (χ1n) is 17.8. The van der Waals surface area contributed by atoms with Crippen molar-refractivity contribution in [3.63, 3.8) is 0 Å². The van der Waals surface area contributed by atoms with Gasteiger partial charge in [-0.2, -0.15) is 0 Å². The molecule has 0 bridgehead atoms. The number of aromatic amines is 1. The van der Waals surface area contributed by atoms with Crippen molar-refractivity contribution in [3.8, 4) is 0 Å². The Kier molecular flexibility index (Phi) is 9.01. The Morgan fingerprint density at radius 3 is 2.45 bits per heavy atom. The molecule has 4 heterocycles. The zero-order valence-electron chi connectivity index (χ0n) is 28.0. The number of H-pyrrole nitrogens is 1. The molecular weight excluding hydrogens is 588 g/mol. The van der Waals surface area contributed by atoms with Crippen LogP contribution in [0.2, 0.25) is 0 Å². The third-order valence-corrected chi connectivity index (χ3v) is 11.8. The summed E-state index contributed by atoms with van der Waals surface area (Å²) in [6.45, 7) is 6.72. The third-order valence-electron chi connectivity index (χ3n) is 11.8. The molecule has 0 radical (unpaired) electrons. The van der Waals surface area contributed by atoms with Crippen LogP contribution in [0.25, 0.3) is 10.9 Å². The predicted octanol–water partition coefficient (Wildman–Crippen LogP) is 5.09. The van der Waals surface area contributed by atoms with Crippen molar-refractivity contribution < 1.29 is 14.4 Å². The number of amides is 4. The molecule has 4 atom stereocenters. The first-order valence-corrected chi connectivity index (χ1v) is 17.8. The average Bonchev–Trinajstić information content (AvgIpc) is 3.70. The van der Waals surface area contributed by atoms with Crippen LogP contribution in [-0.2, 0) is 15.0 Å². The lowest BCUT2D eigenvalue weighted by Crippen LogP contribution is -2.58. The molecule has 3 aromatic rings. The van der Waals surface area contributed by atoms with E-state index in [1.807, 2.05) is 36.3 Å². The molecule has 1 aromatic heterocycles. The summed E-state index contributed by atoms with van der Waals surface area (Å²) in [5.41, 5.74) is 4.41. The van der Waals surface area contributed by atoms with E-state index in [0.717, 1.165) is 87.6 Å². The Labute approximate surface area is 278 Å². The van der Waals surface area contributed by atoms with E-state index in [0.29, 0.717) is 13.1 Å². The summed E-state index contributed by atoms with van der Waals surface area (Å²) in [6, 6.07) is 15.8. The first-order chi connectivity index (χ1) is 22.9. The topological polar surface area (TPSA) is 101 Å². The zero-order chi connectivity index (χ0) is 32.5. The molecule has 4 aliphatic rings. The van der Waals surface area contributed by atoms with Crippen molar-refractivity contribution in [2.45, 2.75) is 87.6 Å². The smallest absolute Gasteiger partial charge is 0.318 e. The molecule has 2 aromatic carbocycles. The second-order valence-electron chi connectivity index (χ2n) is 14.5. The van der Waals surface area contributed by atoms with Crippen molar-refractivity contribution in [2.24, 2.45) is 0 Å². The first kappa shape index (κ1) is 31.7. The van der Waals surface area contributed by atoms with Crippen LogP contribution in [-0.4, -0.2) is 95.9 Å². The van der Waals surface area contributed by atoms with Crippen molar-refractivity contribution in [1.29, 1.82) is 0 Å². The number of aromatic nitrogens is 1. The van der Waals surface area contributed by atoms with E-state index < -0.39 is 6.04 Å². The van der Waals surface area contributed by atoms with Gasteiger partial charge in [-0.05, 0) is 80.7 Å². The summed E-state index contributed by atoms with van der Waals surface area (Å²) in [5, 5.41) is 7.67. The van der Waals surface area contributed by atoms with Gasteiger partial charge in [0.05, 0.1) is 5.92 Å². The molecule has 47 heavy (non-hydrogen) atoms. The molecule has 1 aliphatic carbocycles. The Balaban J connectivity index is 1.11. The molecule has 3 fully saturated rings. The highest BCUT2D eigenvalue weighted by atomic mass is 16.2. The number of benzene rings is 2. The second-order valence-corrected chi connectivity index (χ2v) is 14.5.